The smallest absolute Gasteiger partial charge is 0.322 e. The van der Waals surface area contributed by atoms with Gasteiger partial charge in [0, 0.05) is 6.42 Å². The van der Waals surface area contributed by atoms with Gasteiger partial charge in [0.1, 0.15) is 12.3 Å². The molecule has 2 saturated heterocycles. The van der Waals surface area contributed by atoms with E-state index in [0.29, 0.717) is 0 Å². The minimum Gasteiger partial charge on any atom is -0.394 e. The minimum absolute atomic E-state index is 0.127. The predicted molar refractivity (Wildman–Crippen MR) is 52.6 cm³/mol. The van der Waals surface area contributed by atoms with Crippen LogP contribution in [0.2, 0.25) is 0 Å². The van der Waals surface area contributed by atoms with E-state index in [1.165, 1.54) is 0 Å². The summed E-state index contributed by atoms with van der Waals surface area (Å²) in [6.45, 7) is -0.633. The van der Waals surface area contributed by atoms with Gasteiger partial charge in [-0.15, -0.1) is 0 Å². The Balaban J connectivity index is 2.03. The maximum absolute atomic E-state index is 11.5. The molecule has 8 heteroatoms. The zero-order valence-corrected chi connectivity index (χ0v) is 8.94. The van der Waals surface area contributed by atoms with Crippen LogP contribution in [0.5, 0.6) is 0 Å². The molecule has 2 heterocycles. The second-order valence-corrected chi connectivity index (χ2v) is 4.06. The standard InChI is InChI=1S/C9H14N2O6/c12-3-6-4(13)1-7(17-6)11-2-5(14)8(15)10-9(11)16/h4,6-8,12-13,15H,1-3H2,(H,10,16). The van der Waals surface area contributed by atoms with E-state index in [-0.39, 0.29) is 19.6 Å². The first-order valence-corrected chi connectivity index (χ1v) is 5.25. The van der Waals surface area contributed by atoms with Crippen LogP contribution >= 0.6 is 0 Å². The number of rotatable bonds is 2. The number of nitrogens with one attached hydrogen (secondary N) is 1. The van der Waals surface area contributed by atoms with Crippen LogP contribution in [0.3, 0.4) is 0 Å². The van der Waals surface area contributed by atoms with Crippen molar-refractivity contribution >= 4 is 11.8 Å². The molecule has 2 amide bonds. The highest BCUT2D eigenvalue weighted by molar-refractivity contribution is 5.94. The molecule has 2 fully saturated rings. The van der Waals surface area contributed by atoms with E-state index < -0.39 is 36.5 Å². The lowest BCUT2D eigenvalue weighted by Crippen LogP contribution is -2.60. The van der Waals surface area contributed by atoms with Gasteiger partial charge in [-0.2, -0.15) is 0 Å². The van der Waals surface area contributed by atoms with Crippen LogP contribution in [0, 0.1) is 0 Å². The Morgan fingerprint density at radius 1 is 1.41 bits per heavy atom. The van der Waals surface area contributed by atoms with E-state index in [0.717, 1.165) is 4.90 Å². The lowest BCUT2D eigenvalue weighted by molar-refractivity contribution is -0.136. The number of Topliss-reactive ketones (excluding diaryl/α,β-unsaturated/α-hetero) is 1. The number of hydrogen-bond acceptors (Lipinski definition) is 6. The van der Waals surface area contributed by atoms with Crippen LogP contribution in [0.25, 0.3) is 0 Å². The molecule has 0 aromatic carbocycles. The van der Waals surface area contributed by atoms with Crippen molar-refractivity contribution in [3.8, 4) is 0 Å². The van der Waals surface area contributed by atoms with Crippen molar-refractivity contribution in [2.24, 2.45) is 0 Å². The number of amides is 2. The molecule has 0 saturated carbocycles. The molecular formula is C9H14N2O6. The van der Waals surface area contributed by atoms with Gasteiger partial charge in [-0.3, -0.25) is 9.69 Å². The number of ether oxygens (including phenoxy) is 1. The summed E-state index contributed by atoms with van der Waals surface area (Å²) < 4.78 is 5.25. The van der Waals surface area contributed by atoms with Crippen molar-refractivity contribution in [1.82, 2.24) is 10.2 Å². The molecule has 0 spiro atoms. The quantitative estimate of drug-likeness (QED) is 0.423. The summed E-state index contributed by atoms with van der Waals surface area (Å²) in [5.41, 5.74) is 0. The maximum Gasteiger partial charge on any atom is 0.322 e. The molecule has 2 rings (SSSR count). The first-order chi connectivity index (χ1) is 8.02. The number of urea groups is 1. The molecular weight excluding hydrogens is 232 g/mol. The number of carbonyl (C=O) groups is 2. The van der Waals surface area contributed by atoms with Gasteiger partial charge in [-0.25, -0.2) is 4.79 Å². The number of nitrogens with zero attached hydrogens (tertiary/aromatic N) is 1. The first kappa shape index (κ1) is 12.2. The summed E-state index contributed by atoms with van der Waals surface area (Å²) in [5.74, 6) is -0.546. The molecule has 17 heavy (non-hydrogen) atoms. The van der Waals surface area contributed by atoms with Crippen molar-refractivity contribution in [1.29, 1.82) is 0 Å². The fraction of sp³-hybridized carbons (Fsp3) is 0.778. The number of ketones is 1. The predicted octanol–water partition coefficient (Wildman–Crippen LogP) is -2.63. The van der Waals surface area contributed by atoms with Crippen molar-refractivity contribution in [3.63, 3.8) is 0 Å². The molecule has 4 unspecified atom stereocenters. The monoisotopic (exact) mass is 246 g/mol. The van der Waals surface area contributed by atoms with Crippen LogP contribution in [0.1, 0.15) is 6.42 Å². The van der Waals surface area contributed by atoms with Crippen molar-refractivity contribution < 1.29 is 29.6 Å². The van der Waals surface area contributed by atoms with E-state index in [1.54, 1.807) is 0 Å². The average Bonchev–Trinajstić information content (AvgIpc) is 2.65. The van der Waals surface area contributed by atoms with Crippen LogP contribution in [-0.4, -0.2) is 69.8 Å². The van der Waals surface area contributed by atoms with E-state index in [4.69, 9.17) is 14.9 Å². The number of aliphatic hydroxyl groups excluding tert-OH is 3. The summed E-state index contributed by atoms with van der Waals surface area (Å²) in [6.07, 6.45) is -3.76. The van der Waals surface area contributed by atoms with E-state index in [9.17, 15) is 14.7 Å². The Morgan fingerprint density at radius 3 is 2.71 bits per heavy atom. The van der Waals surface area contributed by atoms with Crippen molar-refractivity contribution in [3.05, 3.63) is 0 Å². The second-order valence-electron chi connectivity index (χ2n) is 4.06. The van der Waals surface area contributed by atoms with E-state index >= 15 is 0 Å². The van der Waals surface area contributed by atoms with Gasteiger partial charge in [0.05, 0.1) is 19.3 Å². The zero-order valence-electron chi connectivity index (χ0n) is 8.94. The fourth-order valence-corrected chi connectivity index (χ4v) is 1.91. The zero-order chi connectivity index (χ0) is 12.6. The molecule has 96 valence electrons. The molecule has 2 aliphatic rings. The Labute approximate surface area is 96.8 Å². The normalized spacial score (nSPS) is 38.4. The van der Waals surface area contributed by atoms with Gasteiger partial charge in [-0.1, -0.05) is 0 Å². The van der Waals surface area contributed by atoms with Crippen LogP contribution in [0.15, 0.2) is 0 Å². The third kappa shape index (κ3) is 2.25. The third-order valence-corrected chi connectivity index (χ3v) is 2.88. The van der Waals surface area contributed by atoms with Crippen LogP contribution in [0.4, 0.5) is 4.79 Å². The number of carbonyl (C=O) groups excluding carboxylic acids is 2. The summed E-state index contributed by atoms with van der Waals surface area (Å²) >= 11 is 0. The van der Waals surface area contributed by atoms with Crippen LogP contribution < -0.4 is 5.32 Å². The first-order valence-electron chi connectivity index (χ1n) is 5.25. The summed E-state index contributed by atoms with van der Waals surface area (Å²) in [7, 11) is 0. The Hall–Kier alpha value is -1.22. The molecule has 4 atom stereocenters. The maximum atomic E-state index is 11.5. The highest BCUT2D eigenvalue weighted by Crippen LogP contribution is 2.24. The Kier molecular flexibility index (Phi) is 3.29. The SMILES string of the molecule is O=C1CN(C2CC(O)C(CO)O2)C(=O)NC1O. The molecule has 0 aromatic rings. The molecule has 0 radical (unpaired) electrons. The average molecular weight is 246 g/mol. The summed E-state index contributed by atoms with van der Waals surface area (Å²) in [6, 6.07) is -0.632. The van der Waals surface area contributed by atoms with Crippen LogP contribution in [-0.2, 0) is 9.53 Å². The molecule has 0 bridgehead atoms. The highest BCUT2D eigenvalue weighted by Gasteiger charge is 2.42. The number of aliphatic hydroxyl groups is 3. The summed E-state index contributed by atoms with van der Waals surface area (Å²) in [5, 5.41) is 29.6. The fourth-order valence-electron chi connectivity index (χ4n) is 1.91. The summed E-state index contributed by atoms with van der Waals surface area (Å²) in [4.78, 5) is 23.9. The molecule has 0 aliphatic carbocycles. The molecule has 2 aliphatic heterocycles. The second kappa shape index (κ2) is 4.57. The highest BCUT2D eigenvalue weighted by atomic mass is 16.5. The topological polar surface area (TPSA) is 119 Å². The lowest BCUT2D eigenvalue weighted by atomic mass is 10.1. The van der Waals surface area contributed by atoms with Gasteiger partial charge in [-0.05, 0) is 0 Å². The number of hydrogen-bond donors (Lipinski definition) is 4. The Morgan fingerprint density at radius 2 is 2.12 bits per heavy atom. The molecule has 4 N–H and O–H groups in total. The molecule has 8 nitrogen and oxygen atoms in total. The van der Waals surface area contributed by atoms with Gasteiger partial charge in [0.15, 0.2) is 6.23 Å². The third-order valence-electron chi connectivity index (χ3n) is 2.88. The lowest BCUT2D eigenvalue weighted by Gasteiger charge is -2.33. The van der Waals surface area contributed by atoms with Crippen molar-refractivity contribution in [2.75, 3.05) is 13.2 Å². The van der Waals surface area contributed by atoms with E-state index in [2.05, 4.69) is 5.32 Å². The van der Waals surface area contributed by atoms with Gasteiger partial charge in [0.2, 0.25) is 5.78 Å². The largest absolute Gasteiger partial charge is 0.394 e. The molecule has 0 aromatic heterocycles. The van der Waals surface area contributed by atoms with Gasteiger partial charge >= 0.3 is 6.03 Å². The van der Waals surface area contributed by atoms with Gasteiger partial charge < -0.3 is 25.4 Å². The Bertz CT molecular complexity index is 335. The minimum atomic E-state index is -1.49. The van der Waals surface area contributed by atoms with E-state index in [1.807, 2.05) is 0 Å². The van der Waals surface area contributed by atoms with Crippen molar-refractivity contribution in [2.45, 2.75) is 31.1 Å². The van der Waals surface area contributed by atoms with Gasteiger partial charge in [0.25, 0.3) is 0 Å².